The van der Waals surface area contributed by atoms with Gasteiger partial charge in [0.15, 0.2) is 0 Å². The Labute approximate surface area is 98.6 Å². The topological polar surface area (TPSA) is 39.7 Å². The van der Waals surface area contributed by atoms with Crippen LogP contribution in [-0.4, -0.2) is 52.2 Å². The highest BCUT2D eigenvalue weighted by molar-refractivity contribution is 4.62. The van der Waals surface area contributed by atoms with Gasteiger partial charge in [0.25, 0.3) is 0 Å². The molecular weight excluding hydrogens is 206 g/mol. The molecule has 1 saturated heterocycles. The number of rotatable bonds is 9. The van der Waals surface area contributed by atoms with Gasteiger partial charge in [-0.15, -0.1) is 0 Å². The first kappa shape index (κ1) is 13.9. The fraction of sp³-hybridized carbons (Fsp3) is 1.00. The van der Waals surface area contributed by atoms with E-state index in [9.17, 15) is 0 Å². The summed E-state index contributed by atoms with van der Waals surface area (Å²) in [6.45, 7) is 8.14. The summed E-state index contributed by atoms with van der Waals surface area (Å²) in [5.74, 6) is 0. The second kappa shape index (κ2) is 10.0. The second-order valence-corrected chi connectivity index (χ2v) is 3.98. The third-order valence-electron chi connectivity index (χ3n) is 2.65. The molecule has 1 aliphatic heterocycles. The Balaban J connectivity index is 1.77. The highest BCUT2D eigenvalue weighted by atomic mass is 16.5. The van der Waals surface area contributed by atoms with Crippen molar-refractivity contribution >= 4 is 0 Å². The van der Waals surface area contributed by atoms with Crippen molar-refractivity contribution in [1.29, 1.82) is 0 Å². The predicted molar refractivity (Wildman–Crippen MR) is 63.8 cm³/mol. The maximum Gasteiger partial charge on any atom is 0.0619 e. The molecule has 16 heavy (non-hydrogen) atoms. The van der Waals surface area contributed by atoms with Gasteiger partial charge >= 0.3 is 0 Å². The molecule has 4 heteroatoms. The lowest BCUT2D eigenvalue weighted by atomic mass is 10.2. The van der Waals surface area contributed by atoms with Crippen molar-refractivity contribution in [2.45, 2.75) is 32.3 Å². The minimum Gasteiger partial charge on any atom is -0.382 e. The van der Waals surface area contributed by atoms with Crippen LogP contribution in [-0.2, 0) is 14.2 Å². The van der Waals surface area contributed by atoms with E-state index in [4.69, 9.17) is 14.2 Å². The molecule has 1 aliphatic rings. The number of hydrogen-bond donors (Lipinski definition) is 1. The molecule has 0 aromatic rings. The fourth-order valence-corrected chi connectivity index (χ4v) is 1.71. The van der Waals surface area contributed by atoms with Crippen molar-refractivity contribution in [2.75, 3.05) is 46.1 Å². The third-order valence-corrected chi connectivity index (χ3v) is 2.65. The van der Waals surface area contributed by atoms with Crippen molar-refractivity contribution in [3.63, 3.8) is 0 Å². The zero-order valence-corrected chi connectivity index (χ0v) is 10.4. The summed E-state index contributed by atoms with van der Waals surface area (Å²) in [5, 5.41) is 3.35. The van der Waals surface area contributed by atoms with E-state index in [0.717, 1.165) is 65.4 Å². The molecule has 0 aromatic heterocycles. The average Bonchev–Trinajstić information content (AvgIpc) is 2.34. The van der Waals surface area contributed by atoms with Gasteiger partial charge in [-0.25, -0.2) is 0 Å². The normalized spacial score (nSPS) is 17.8. The van der Waals surface area contributed by atoms with Crippen LogP contribution >= 0.6 is 0 Å². The molecule has 0 radical (unpaired) electrons. The molecule has 1 rings (SSSR count). The van der Waals surface area contributed by atoms with E-state index >= 15 is 0 Å². The van der Waals surface area contributed by atoms with E-state index in [1.807, 2.05) is 6.92 Å². The molecule has 0 spiro atoms. The first-order valence-electron chi connectivity index (χ1n) is 6.41. The molecule has 0 atom stereocenters. The van der Waals surface area contributed by atoms with E-state index in [2.05, 4.69) is 5.32 Å². The van der Waals surface area contributed by atoms with Gasteiger partial charge in [-0.05, 0) is 32.7 Å². The molecule has 4 nitrogen and oxygen atoms in total. The Kier molecular flexibility index (Phi) is 8.71. The van der Waals surface area contributed by atoms with Gasteiger partial charge in [0, 0.05) is 33.0 Å². The summed E-state index contributed by atoms with van der Waals surface area (Å²) in [5.41, 5.74) is 0. The first-order chi connectivity index (χ1) is 7.93. The summed E-state index contributed by atoms with van der Waals surface area (Å²) >= 11 is 0. The second-order valence-electron chi connectivity index (χ2n) is 3.98. The van der Waals surface area contributed by atoms with Crippen molar-refractivity contribution in [3.05, 3.63) is 0 Å². The van der Waals surface area contributed by atoms with E-state index in [0.29, 0.717) is 6.10 Å². The summed E-state index contributed by atoms with van der Waals surface area (Å²) in [7, 11) is 0. The zero-order chi connectivity index (χ0) is 11.5. The van der Waals surface area contributed by atoms with Gasteiger partial charge in [0.05, 0.1) is 12.7 Å². The average molecular weight is 231 g/mol. The van der Waals surface area contributed by atoms with Crippen LogP contribution < -0.4 is 5.32 Å². The van der Waals surface area contributed by atoms with Gasteiger partial charge in [-0.2, -0.15) is 0 Å². The Morgan fingerprint density at radius 1 is 1.19 bits per heavy atom. The largest absolute Gasteiger partial charge is 0.382 e. The molecule has 0 aromatic carbocycles. The predicted octanol–water partition coefficient (Wildman–Crippen LogP) is 1.20. The van der Waals surface area contributed by atoms with E-state index in [-0.39, 0.29) is 0 Å². The lowest BCUT2D eigenvalue weighted by molar-refractivity contribution is -0.0305. The number of ether oxygens (including phenoxy) is 3. The SMILES string of the molecule is CCOCCCNCCOC1CCOCC1. The third kappa shape index (κ3) is 7.17. The summed E-state index contributed by atoms with van der Waals surface area (Å²) < 4.78 is 16.3. The van der Waals surface area contributed by atoms with Crippen LogP contribution in [0.5, 0.6) is 0 Å². The van der Waals surface area contributed by atoms with Crippen LogP contribution in [0, 0.1) is 0 Å². The lowest BCUT2D eigenvalue weighted by Crippen LogP contribution is -2.28. The quantitative estimate of drug-likeness (QED) is 0.605. The van der Waals surface area contributed by atoms with Crippen LogP contribution in [0.15, 0.2) is 0 Å². The molecule has 0 unspecified atom stereocenters. The first-order valence-corrected chi connectivity index (χ1v) is 6.41. The summed E-state index contributed by atoms with van der Waals surface area (Å²) in [6.07, 6.45) is 3.58. The molecular formula is C12H25NO3. The molecule has 96 valence electrons. The van der Waals surface area contributed by atoms with Crippen LogP contribution in [0.1, 0.15) is 26.2 Å². The molecule has 0 bridgehead atoms. The summed E-state index contributed by atoms with van der Waals surface area (Å²) in [6, 6.07) is 0. The van der Waals surface area contributed by atoms with Crippen LogP contribution in [0.25, 0.3) is 0 Å². The highest BCUT2D eigenvalue weighted by Gasteiger charge is 2.13. The highest BCUT2D eigenvalue weighted by Crippen LogP contribution is 2.09. The van der Waals surface area contributed by atoms with Gasteiger partial charge in [0.2, 0.25) is 0 Å². The van der Waals surface area contributed by atoms with Gasteiger partial charge < -0.3 is 19.5 Å². The summed E-state index contributed by atoms with van der Waals surface area (Å²) in [4.78, 5) is 0. The zero-order valence-electron chi connectivity index (χ0n) is 10.4. The maximum absolute atomic E-state index is 5.74. The van der Waals surface area contributed by atoms with E-state index in [1.54, 1.807) is 0 Å². The molecule has 0 aliphatic carbocycles. The van der Waals surface area contributed by atoms with Crippen molar-refractivity contribution in [3.8, 4) is 0 Å². The molecule has 1 fully saturated rings. The molecule has 0 saturated carbocycles. The molecule has 1 N–H and O–H groups in total. The van der Waals surface area contributed by atoms with Crippen molar-refractivity contribution in [1.82, 2.24) is 5.32 Å². The van der Waals surface area contributed by atoms with Crippen molar-refractivity contribution < 1.29 is 14.2 Å². The van der Waals surface area contributed by atoms with Gasteiger partial charge in [0.1, 0.15) is 0 Å². The Morgan fingerprint density at radius 3 is 2.75 bits per heavy atom. The molecule has 0 amide bonds. The van der Waals surface area contributed by atoms with E-state index < -0.39 is 0 Å². The Bertz CT molecular complexity index is 149. The van der Waals surface area contributed by atoms with Gasteiger partial charge in [-0.3, -0.25) is 0 Å². The van der Waals surface area contributed by atoms with Crippen LogP contribution in [0.3, 0.4) is 0 Å². The van der Waals surface area contributed by atoms with Crippen molar-refractivity contribution in [2.24, 2.45) is 0 Å². The molecule has 1 heterocycles. The number of hydrogen-bond acceptors (Lipinski definition) is 4. The van der Waals surface area contributed by atoms with Gasteiger partial charge in [-0.1, -0.05) is 0 Å². The monoisotopic (exact) mass is 231 g/mol. The Hall–Kier alpha value is -0.160. The minimum absolute atomic E-state index is 0.416. The smallest absolute Gasteiger partial charge is 0.0619 e. The lowest BCUT2D eigenvalue weighted by Gasteiger charge is -2.22. The Morgan fingerprint density at radius 2 is 2.00 bits per heavy atom. The minimum atomic E-state index is 0.416. The maximum atomic E-state index is 5.74. The number of nitrogens with one attached hydrogen (secondary N) is 1. The standard InChI is InChI=1S/C12H25NO3/c1-2-14-8-3-6-13-7-11-16-12-4-9-15-10-5-12/h12-13H,2-11H2,1H3. The van der Waals surface area contributed by atoms with Crippen LogP contribution in [0.2, 0.25) is 0 Å². The van der Waals surface area contributed by atoms with Crippen LogP contribution in [0.4, 0.5) is 0 Å². The fourth-order valence-electron chi connectivity index (χ4n) is 1.71. The van der Waals surface area contributed by atoms with E-state index in [1.165, 1.54) is 0 Å².